The Kier molecular flexibility index (Phi) is 5.96. The maximum Gasteiger partial charge on any atom is 0.290 e. The predicted molar refractivity (Wildman–Crippen MR) is 109 cm³/mol. The Morgan fingerprint density at radius 3 is 2.53 bits per heavy atom. The molecule has 0 N–H and O–H groups in total. The molecular weight excluding hydrogens is 386 g/mol. The highest BCUT2D eigenvalue weighted by Crippen LogP contribution is 2.27. The van der Waals surface area contributed by atoms with Crippen LogP contribution >= 0.6 is 0 Å². The van der Waals surface area contributed by atoms with Crippen LogP contribution in [-0.2, 0) is 14.3 Å². The van der Waals surface area contributed by atoms with E-state index in [1.165, 1.54) is 16.1 Å². The van der Waals surface area contributed by atoms with Crippen LogP contribution in [0.5, 0.6) is 0 Å². The van der Waals surface area contributed by atoms with E-state index in [1.807, 2.05) is 19.1 Å². The molecule has 30 heavy (non-hydrogen) atoms. The van der Waals surface area contributed by atoms with Crippen LogP contribution in [0.3, 0.4) is 0 Å². The number of hydrogen-bond acceptors (Lipinski definition) is 6. The summed E-state index contributed by atoms with van der Waals surface area (Å²) in [6, 6.07) is 9.56. The topological polar surface area (TPSA) is 83.3 Å². The number of morpholine rings is 1. The molecular formula is C22H25N3O5. The van der Waals surface area contributed by atoms with Gasteiger partial charge >= 0.3 is 0 Å². The average molecular weight is 411 g/mol. The van der Waals surface area contributed by atoms with Crippen LogP contribution < -0.4 is 4.90 Å². The molecule has 1 aromatic heterocycles. The largest absolute Gasteiger partial charge is 0.459 e. The quantitative estimate of drug-likeness (QED) is 0.673. The van der Waals surface area contributed by atoms with Crippen LogP contribution in [0.2, 0.25) is 0 Å². The van der Waals surface area contributed by atoms with E-state index in [-0.39, 0.29) is 29.9 Å². The van der Waals surface area contributed by atoms with E-state index in [0.29, 0.717) is 32.0 Å². The minimum atomic E-state index is -0.850. The zero-order valence-electron chi connectivity index (χ0n) is 17.0. The monoisotopic (exact) mass is 411 g/mol. The number of rotatable bonds is 6. The Morgan fingerprint density at radius 2 is 1.87 bits per heavy atom. The smallest absolute Gasteiger partial charge is 0.290 e. The van der Waals surface area contributed by atoms with Crippen LogP contribution in [0.15, 0.2) is 47.1 Å². The van der Waals surface area contributed by atoms with Crippen molar-refractivity contribution in [2.45, 2.75) is 19.4 Å². The molecule has 0 bridgehead atoms. The summed E-state index contributed by atoms with van der Waals surface area (Å²) in [6.45, 7) is 5.70. The zero-order valence-corrected chi connectivity index (χ0v) is 17.0. The molecule has 2 aliphatic rings. The second kappa shape index (κ2) is 8.81. The number of carbonyl (C=O) groups is 3. The lowest BCUT2D eigenvalue weighted by Gasteiger charge is -2.31. The van der Waals surface area contributed by atoms with E-state index < -0.39 is 6.04 Å². The minimum Gasteiger partial charge on any atom is -0.459 e. The van der Waals surface area contributed by atoms with Crippen molar-refractivity contribution in [2.75, 3.05) is 44.3 Å². The van der Waals surface area contributed by atoms with Crippen molar-refractivity contribution in [3.05, 3.63) is 54.0 Å². The Balaban J connectivity index is 1.56. The van der Waals surface area contributed by atoms with E-state index in [0.717, 1.165) is 18.7 Å². The van der Waals surface area contributed by atoms with E-state index in [4.69, 9.17) is 9.15 Å². The van der Waals surface area contributed by atoms with E-state index in [2.05, 4.69) is 4.90 Å². The molecule has 3 heterocycles. The van der Waals surface area contributed by atoms with Crippen LogP contribution in [0, 0.1) is 6.92 Å². The van der Waals surface area contributed by atoms with Crippen molar-refractivity contribution in [3.63, 3.8) is 0 Å². The van der Waals surface area contributed by atoms with Gasteiger partial charge in [-0.2, -0.15) is 0 Å². The van der Waals surface area contributed by atoms with Gasteiger partial charge in [0, 0.05) is 26.2 Å². The van der Waals surface area contributed by atoms with Crippen molar-refractivity contribution in [2.24, 2.45) is 0 Å². The number of benzene rings is 1. The van der Waals surface area contributed by atoms with Gasteiger partial charge in [-0.3, -0.25) is 19.3 Å². The first-order valence-corrected chi connectivity index (χ1v) is 10.1. The molecule has 8 nitrogen and oxygen atoms in total. The van der Waals surface area contributed by atoms with Gasteiger partial charge in [-0.15, -0.1) is 0 Å². The van der Waals surface area contributed by atoms with Crippen LogP contribution in [-0.4, -0.2) is 73.0 Å². The molecule has 1 unspecified atom stereocenters. The SMILES string of the molecule is Cc1ccc(N2C(=O)CC(N(CCN3CCOCC3)C(=O)c3ccco3)C2=O)cc1. The number of nitrogens with zero attached hydrogens (tertiary/aromatic N) is 3. The van der Waals surface area contributed by atoms with E-state index >= 15 is 0 Å². The summed E-state index contributed by atoms with van der Waals surface area (Å²) in [5, 5.41) is 0. The third-order valence-corrected chi connectivity index (χ3v) is 5.54. The minimum absolute atomic E-state index is 0.0394. The standard InChI is InChI=1S/C22H25N3O5/c1-16-4-6-17(7-5-16)25-20(26)15-18(21(25)27)24(22(28)19-3-2-12-30-19)9-8-23-10-13-29-14-11-23/h2-7,12,18H,8-11,13-15H2,1H3. The van der Waals surface area contributed by atoms with Crippen LogP contribution in [0.4, 0.5) is 5.69 Å². The fourth-order valence-electron chi connectivity index (χ4n) is 3.84. The van der Waals surface area contributed by atoms with Gasteiger partial charge in [0.2, 0.25) is 5.91 Å². The number of imide groups is 1. The summed E-state index contributed by atoms with van der Waals surface area (Å²) in [4.78, 5) is 43.9. The van der Waals surface area contributed by atoms with Crippen molar-refractivity contribution >= 4 is 23.4 Å². The Bertz CT molecular complexity index is 903. The first-order chi connectivity index (χ1) is 14.5. The summed E-state index contributed by atoms with van der Waals surface area (Å²) >= 11 is 0. The second-order valence-electron chi connectivity index (χ2n) is 7.55. The number of amides is 3. The highest BCUT2D eigenvalue weighted by Gasteiger charge is 2.44. The number of anilines is 1. The van der Waals surface area contributed by atoms with Crippen molar-refractivity contribution in [3.8, 4) is 0 Å². The average Bonchev–Trinajstić information content (AvgIpc) is 3.39. The maximum absolute atomic E-state index is 13.2. The van der Waals surface area contributed by atoms with Gasteiger partial charge in [0.15, 0.2) is 5.76 Å². The second-order valence-corrected chi connectivity index (χ2v) is 7.55. The molecule has 0 radical (unpaired) electrons. The molecule has 0 saturated carbocycles. The van der Waals surface area contributed by atoms with Gasteiger partial charge in [-0.05, 0) is 31.2 Å². The molecule has 2 saturated heterocycles. The van der Waals surface area contributed by atoms with E-state index in [9.17, 15) is 14.4 Å². The van der Waals surface area contributed by atoms with Gasteiger partial charge in [-0.25, -0.2) is 4.90 Å². The summed E-state index contributed by atoms with van der Waals surface area (Å²) in [6.07, 6.45) is 1.38. The van der Waals surface area contributed by atoms with Crippen molar-refractivity contribution < 1.29 is 23.5 Å². The number of furan rings is 1. The molecule has 3 amide bonds. The summed E-state index contributed by atoms with van der Waals surface area (Å²) in [5.41, 5.74) is 1.56. The van der Waals surface area contributed by atoms with E-state index in [1.54, 1.807) is 24.3 Å². The highest BCUT2D eigenvalue weighted by molar-refractivity contribution is 6.23. The Hall–Kier alpha value is -2.97. The third-order valence-electron chi connectivity index (χ3n) is 5.54. The van der Waals surface area contributed by atoms with Gasteiger partial charge < -0.3 is 14.1 Å². The zero-order chi connectivity index (χ0) is 21.1. The fraction of sp³-hybridized carbons (Fsp3) is 0.409. The van der Waals surface area contributed by atoms with Gasteiger partial charge in [0.25, 0.3) is 11.8 Å². The molecule has 158 valence electrons. The highest BCUT2D eigenvalue weighted by atomic mass is 16.5. The third kappa shape index (κ3) is 4.15. The number of carbonyl (C=O) groups excluding carboxylic acids is 3. The van der Waals surface area contributed by atoms with Crippen LogP contribution in [0.25, 0.3) is 0 Å². The summed E-state index contributed by atoms with van der Waals surface area (Å²) < 4.78 is 10.7. The lowest BCUT2D eigenvalue weighted by Crippen LogP contribution is -2.49. The van der Waals surface area contributed by atoms with Gasteiger partial charge in [-0.1, -0.05) is 17.7 Å². The molecule has 2 aliphatic heterocycles. The summed E-state index contributed by atoms with van der Waals surface area (Å²) in [5.74, 6) is -0.917. The maximum atomic E-state index is 13.2. The molecule has 1 atom stereocenters. The Labute approximate surface area is 175 Å². The fourth-order valence-corrected chi connectivity index (χ4v) is 3.84. The molecule has 0 spiro atoms. The molecule has 2 fully saturated rings. The normalized spacial score (nSPS) is 20.0. The Morgan fingerprint density at radius 1 is 1.13 bits per heavy atom. The van der Waals surface area contributed by atoms with Crippen LogP contribution in [0.1, 0.15) is 22.5 Å². The van der Waals surface area contributed by atoms with Gasteiger partial charge in [0.1, 0.15) is 6.04 Å². The van der Waals surface area contributed by atoms with Gasteiger partial charge in [0.05, 0.1) is 31.6 Å². The summed E-state index contributed by atoms with van der Waals surface area (Å²) in [7, 11) is 0. The lowest BCUT2D eigenvalue weighted by atomic mass is 10.2. The number of aryl methyl sites for hydroxylation is 1. The van der Waals surface area contributed by atoms with Crippen molar-refractivity contribution in [1.29, 1.82) is 0 Å². The number of hydrogen-bond donors (Lipinski definition) is 0. The molecule has 0 aliphatic carbocycles. The first-order valence-electron chi connectivity index (χ1n) is 10.1. The molecule has 8 heteroatoms. The molecule has 2 aromatic rings. The molecule has 4 rings (SSSR count). The first kappa shape index (κ1) is 20.3. The molecule has 1 aromatic carbocycles. The number of ether oxygens (including phenoxy) is 1. The van der Waals surface area contributed by atoms with Crippen molar-refractivity contribution in [1.82, 2.24) is 9.80 Å². The predicted octanol–water partition coefficient (Wildman–Crippen LogP) is 1.69. The lowest BCUT2D eigenvalue weighted by molar-refractivity contribution is -0.122.